The van der Waals surface area contributed by atoms with Gasteiger partial charge in [0, 0.05) is 13.7 Å². The van der Waals surface area contributed by atoms with Crippen LogP contribution in [0.4, 0.5) is 0 Å². The van der Waals surface area contributed by atoms with Crippen LogP contribution in [-0.4, -0.2) is 38.0 Å². The predicted octanol–water partition coefficient (Wildman–Crippen LogP) is 5.89. The Morgan fingerprint density at radius 1 is 1.13 bits per heavy atom. The first kappa shape index (κ1) is 23.5. The van der Waals surface area contributed by atoms with Gasteiger partial charge in [-0.15, -0.1) is 0 Å². The quantitative estimate of drug-likeness (QED) is 0.496. The van der Waals surface area contributed by atoms with Crippen molar-refractivity contribution in [3.8, 4) is 0 Å². The molecule has 0 aromatic rings. The summed E-state index contributed by atoms with van der Waals surface area (Å²) in [6.07, 6.45) is 12.0. The maximum Gasteiger partial charge on any atom is 0.0594 e. The maximum absolute atomic E-state index is 10.8. The molecule has 6 atom stereocenters. The van der Waals surface area contributed by atoms with E-state index in [2.05, 4.69) is 46.0 Å². The van der Waals surface area contributed by atoms with Gasteiger partial charge in [-0.05, 0) is 110 Å². The molecule has 2 N–H and O–H groups in total. The van der Waals surface area contributed by atoms with Crippen LogP contribution in [0.2, 0.25) is 0 Å². The average molecular weight is 430 g/mol. The molecule has 3 nitrogen and oxygen atoms in total. The van der Waals surface area contributed by atoms with Crippen molar-refractivity contribution in [3.05, 3.63) is 22.8 Å². The number of hydrogen-bond acceptors (Lipinski definition) is 3. The van der Waals surface area contributed by atoms with Gasteiger partial charge in [0.1, 0.15) is 0 Å². The molecule has 0 aliphatic heterocycles. The molecule has 31 heavy (non-hydrogen) atoms. The second kappa shape index (κ2) is 8.61. The summed E-state index contributed by atoms with van der Waals surface area (Å²) in [5.41, 5.74) is 5.89. The molecule has 1 saturated carbocycles. The molecule has 4 rings (SSSR count). The van der Waals surface area contributed by atoms with E-state index in [9.17, 15) is 5.11 Å². The molecule has 4 aliphatic carbocycles. The SMILES string of the molecule is COCCCNCC(C)C1CC=C2C3=C(CCC21C)C1(C)CCC(O)C(C)(C)C1CC3. The van der Waals surface area contributed by atoms with E-state index < -0.39 is 0 Å². The molecule has 0 radical (unpaired) electrons. The molecule has 0 aromatic heterocycles. The summed E-state index contributed by atoms with van der Waals surface area (Å²) in [7, 11) is 1.78. The number of nitrogens with one attached hydrogen (secondary N) is 1. The van der Waals surface area contributed by atoms with Gasteiger partial charge >= 0.3 is 0 Å². The Bertz CT molecular complexity index is 737. The van der Waals surface area contributed by atoms with Gasteiger partial charge in [0.2, 0.25) is 0 Å². The van der Waals surface area contributed by atoms with Gasteiger partial charge in [0.25, 0.3) is 0 Å². The lowest BCUT2D eigenvalue weighted by molar-refractivity contribution is -0.0905. The average Bonchev–Trinajstić information content (AvgIpc) is 3.08. The van der Waals surface area contributed by atoms with Crippen molar-refractivity contribution in [2.45, 2.75) is 92.1 Å². The highest BCUT2D eigenvalue weighted by atomic mass is 16.5. The van der Waals surface area contributed by atoms with Crippen LogP contribution < -0.4 is 5.32 Å². The minimum Gasteiger partial charge on any atom is -0.393 e. The Balaban J connectivity index is 1.52. The van der Waals surface area contributed by atoms with Gasteiger partial charge in [0.15, 0.2) is 0 Å². The summed E-state index contributed by atoms with van der Waals surface area (Å²) >= 11 is 0. The number of aliphatic hydroxyl groups excluding tert-OH is 1. The molecule has 6 unspecified atom stereocenters. The Labute approximate surface area is 191 Å². The van der Waals surface area contributed by atoms with E-state index in [0.29, 0.717) is 17.3 Å². The molecular weight excluding hydrogens is 382 g/mol. The van der Waals surface area contributed by atoms with Gasteiger partial charge in [0.05, 0.1) is 6.10 Å². The first-order valence-corrected chi connectivity index (χ1v) is 13.0. The van der Waals surface area contributed by atoms with Gasteiger partial charge in [-0.25, -0.2) is 0 Å². The number of methoxy groups -OCH3 is 1. The van der Waals surface area contributed by atoms with E-state index in [1.54, 1.807) is 23.8 Å². The lowest BCUT2D eigenvalue weighted by Crippen LogP contribution is -2.53. The third-order valence-electron chi connectivity index (χ3n) is 10.3. The third kappa shape index (κ3) is 3.77. The Hall–Kier alpha value is -0.640. The van der Waals surface area contributed by atoms with Crippen molar-refractivity contribution in [3.63, 3.8) is 0 Å². The highest BCUT2D eigenvalue weighted by Crippen LogP contribution is 2.66. The van der Waals surface area contributed by atoms with Crippen LogP contribution >= 0.6 is 0 Å². The number of ether oxygens (including phenoxy) is 1. The van der Waals surface area contributed by atoms with Gasteiger partial charge in [-0.1, -0.05) is 46.3 Å². The highest BCUT2D eigenvalue weighted by molar-refractivity contribution is 5.49. The zero-order valence-corrected chi connectivity index (χ0v) is 21.0. The second-order valence-electron chi connectivity index (χ2n) is 12.2. The van der Waals surface area contributed by atoms with Crippen LogP contribution in [0.1, 0.15) is 86.0 Å². The summed E-state index contributed by atoms with van der Waals surface area (Å²) in [6.45, 7) is 15.2. The largest absolute Gasteiger partial charge is 0.393 e. The van der Waals surface area contributed by atoms with Gasteiger partial charge in [-0.2, -0.15) is 0 Å². The normalized spacial score (nSPS) is 40.1. The third-order valence-corrected chi connectivity index (χ3v) is 10.3. The van der Waals surface area contributed by atoms with E-state index in [1.165, 1.54) is 32.1 Å². The van der Waals surface area contributed by atoms with Crippen molar-refractivity contribution in [1.82, 2.24) is 5.32 Å². The van der Waals surface area contributed by atoms with Crippen molar-refractivity contribution in [2.75, 3.05) is 26.8 Å². The second-order valence-corrected chi connectivity index (χ2v) is 12.2. The molecule has 3 heteroatoms. The van der Waals surface area contributed by atoms with Crippen LogP contribution in [0.3, 0.4) is 0 Å². The van der Waals surface area contributed by atoms with Gasteiger partial charge < -0.3 is 15.2 Å². The fraction of sp³-hybridized carbons (Fsp3) is 0.857. The number of aliphatic hydroxyl groups is 1. The first-order valence-electron chi connectivity index (χ1n) is 13.0. The molecule has 0 amide bonds. The topological polar surface area (TPSA) is 41.5 Å². The number of fused-ring (bicyclic) bond motifs is 4. The Morgan fingerprint density at radius 3 is 2.65 bits per heavy atom. The molecule has 176 valence electrons. The lowest BCUT2D eigenvalue weighted by atomic mass is 9.46. The van der Waals surface area contributed by atoms with E-state index in [0.717, 1.165) is 44.9 Å². The van der Waals surface area contributed by atoms with Crippen LogP contribution in [0.25, 0.3) is 0 Å². The summed E-state index contributed by atoms with van der Waals surface area (Å²) in [6, 6.07) is 0. The van der Waals surface area contributed by atoms with Crippen molar-refractivity contribution >= 4 is 0 Å². The van der Waals surface area contributed by atoms with Crippen molar-refractivity contribution < 1.29 is 9.84 Å². The fourth-order valence-corrected chi connectivity index (χ4v) is 8.39. The van der Waals surface area contributed by atoms with Crippen LogP contribution in [0.5, 0.6) is 0 Å². The minimum atomic E-state index is -0.145. The van der Waals surface area contributed by atoms with Crippen molar-refractivity contribution in [1.29, 1.82) is 0 Å². The summed E-state index contributed by atoms with van der Waals surface area (Å²) < 4.78 is 5.18. The maximum atomic E-state index is 10.8. The summed E-state index contributed by atoms with van der Waals surface area (Å²) in [5.74, 6) is 2.06. The Kier molecular flexibility index (Phi) is 6.53. The molecular formula is C28H47NO2. The van der Waals surface area contributed by atoms with Crippen LogP contribution in [0, 0.1) is 34.0 Å². The van der Waals surface area contributed by atoms with Crippen molar-refractivity contribution in [2.24, 2.45) is 34.0 Å². The number of allylic oxidation sites excluding steroid dienone is 4. The standard InChI is InChI=1S/C28H47NO2/c1-19(18-29-16-7-17-31-6)21-9-10-22-20-8-11-24-26(2,3)25(30)13-15-28(24,5)23(20)12-14-27(21,22)4/h10,19,21,24-25,29-30H,7-9,11-18H2,1-6H3. The first-order chi connectivity index (χ1) is 14.7. The van der Waals surface area contributed by atoms with E-state index in [-0.39, 0.29) is 16.9 Å². The van der Waals surface area contributed by atoms with Gasteiger partial charge in [-0.3, -0.25) is 0 Å². The molecule has 0 bridgehead atoms. The molecule has 0 heterocycles. The summed E-state index contributed by atoms with van der Waals surface area (Å²) in [5, 5.41) is 14.4. The number of hydrogen-bond donors (Lipinski definition) is 2. The predicted molar refractivity (Wildman–Crippen MR) is 129 cm³/mol. The van der Waals surface area contributed by atoms with E-state index >= 15 is 0 Å². The molecule has 1 fully saturated rings. The highest BCUT2D eigenvalue weighted by Gasteiger charge is 2.57. The van der Waals surface area contributed by atoms with Crippen LogP contribution in [0.15, 0.2) is 22.8 Å². The zero-order valence-electron chi connectivity index (χ0n) is 21.0. The number of rotatable bonds is 7. The smallest absolute Gasteiger partial charge is 0.0594 e. The monoisotopic (exact) mass is 429 g/mol. The molecule has 0 saturated heterocycles. The fourth-order valence-electron chi connectivity index (χ4n) is 8.39. The van der Waals surface area contributed by atoms with E-state index in [1.807, 2.05) is 0 Å². The molecule has 0 aromatic carbocycles. The summed E-state index contributed by atoms with van der Waals surface area (Å²) in [4.78, 5) is 0. The van der Waals surface area contributed by atoms with E-state index in [4.69, 9.17) is 4.74 Å². The Morgan fingerprint density at radius 2 is 1.90 bits per heavy atom. The zero-order chi connectivity index (χ0) is 22.4. The molecule has 4 aliphatic rings. The molecule has 0 spiro atoms. The van der Waals surface area contributed by atoms with Crippen LogP contribution in [-0.2, 0) is 4.74 Å². The minimum absolute atomic E-state index is 0.0296. The lowest BCUT2D eigenvalue weighted by Gasteiger charge is -2.59.